The van der Waals surface area contributed by atoms with Gasteiger partial charge in [-0.05, 0) is 18.1 Å². The predicted octanol–water partition coefficient (Wildman–Crippen LogP) is 4.11. The smallest absolute Gasteiger partial charge is 0.220 e. The summed E-state index contributed by atoms with van der Waals surface area (Å²) in [7, 11) is 1.32. The number of Topliss-reactive ketones (excluding diaryl/α,β-unsaturated/α-hetero) is 1. The molecule has 2 aromatic rings. The minimum absolute atomic E-state index is 0.0611. The molecule has 1 N–H and O–H groups in total. The maximum Gasteiger partial charge on any atom is 0.220 e. The number of amides is 1. The summed E-state index contributed by atoms with van der Waals surface area (Å²) in [6.07, 6.45) is 0.260. The van der Waals surface area contributed by atoms with Crippen LogP contribution in [0.3, 0.4) is 0 Å². The van der Waals surface area contributed by atoms with Gasteiger partial charge >= 0.3 is 0 Å². The number of methoxy groups -OCH3 is 1. The van der Waals surface area contributed by atoms with Crippen LogP contribution in [-0.4, -0.2) is 25.3 Å². The second-order valence-corrected chi connectivity index (χ2v) is 8.30. The predicted molar refractivity (Wildman–Crippen MR) is 99.4 cm³/mol. The highest BCUT2D eigenvalue weighted by Gasteiger charge is 2.35. The molecule has 2 heterocycles. The van der Waals surface area contributed by atoms with E-state index in [1.165, 1.54) is 18.4 Å². The summed E-state index contributed by atoms with van der Waals surface area (Å²) in [6, 6.07) is 5.70. The van der Waals surface area contributed by atoms with E-state index in [-0.39, 0.29) is 54.7 Å². The number of ether oxygens (including phenoxy) is 1. The van der Waals surface area contributed by atoms with E-state index in [4.69, 9.17) is 16.3 Å². The van der Waals surface area contributed by atoms with Crippen molar-refractivity contribution >= 4 is 34.6 Å². The van der Waals surface area contributed by atoms with Gasteiger partial charge in [0, 0.05) is 54.3 Å². The molecule has 1 unspecified atom stereocenters. The van der Waals surface area contributed by atoms with Crippen molar-refractivity contribution in [2.24, 2.45) is 5.92 Å². The second kappa shape index (κ2) is 8.35. The summed E-state index contributed by atoms with van der Waals surface area (Å²) >= 11 is 7.21. The van der Waals surface area contributed by atoms with Crippen LogP contribution in [0.1, 0.15) is 29.2 Å². The van der Waals surface area contributed by atoms with Crippen LogP contribution >= 0.6 is 22.9 Å². The van der Waals surface area contributed by atoms with Gasteiger partial charge in [0.15, 0.2) is 0 Å². The molecule has 1 aliphatic rings. The van der Waals surface area contributed by atoms with Crippen LogP contribution in [0, 0.1) is 17.6 Å². The Kier molecular flexibility index (Phi) is 6.11. The number of hydrogen-bond acceptors (Lipinski definition) is 4. The minimum atomic E-state index is -0.769. The molecule has 1 amide bonds. The number of hydrogen-bond donors (Lipinski definition) is 1. The van der Waals surface area contributed by atoms with Gasteiger partial charge < -0.3 is 10.1 Å². The molecule has 0 saturated carbocycles. The van der Waals surface area contributed by atoms with Gasteiger partial charge in [0.25, 0.3) is 0 Å². The first kappa shape index (κ1) is 19.8. The fourth-order valence-corrected chi connectivity index (χ4v) is 4.53. The number of nitrogens with one attached hydrogen (secondary N) is 1. The molecule has 0 bridgehead atoms. The van der Waals surface area contributed by atoms with Crippen LogP contribution in [0.25, 0.3) is 0 Å². The van der Waals surface area contributed by atoms with Crippen LogP contribution < -0.4 is 10.1 Å². The first-order valence-electron chi connectivity index (χ1n) is 8.43. The van der Waals surface area contributed by atoms with Crippen LogP contribution in [0.15, 0.2) is 24.3 Å². The second-order valence-electron chi connectivity index (χ2n) is 6.50. The van der Waals surface area contributed by atoms with Crippen molar-refractivity contribution in [3.8, 4) is 5.75 Å². The number of carbonyl (C=O) groups is 2. The quantitative estimate of drug-likeness (QED) is 0.775. The van der Waals surface area contributed by atoms with Gasteiger partial charge in [0.1, 0.15) is 23.2 Å². The summed E-state index contributed by atoms with van der Waals surface area (Å²) in [6.45, 7) is 0.200. The molecule has 0 aliphatic carbocycles. The van der Waals surface area contributed by atoms with Gasteiger partial charge in [0.2, 0.25) is 5.91 Å². The van der Waals surface area contributed by atoms with Gasteiger partial charge in [-0.2, -0.15) is 0 Å². The van der Waals surface area contributed by atoms with E-state index in [1.807, 2.05) is 0 Å². The summed E-state index contributed by atoms with van der Waals surface area (Å²) in [5.41, 5.74) is -0.164. The van der Waals surface area contributed by atoms with Crippen molar-refractivity contribution in [2.45, 2.75) is 25.2 Å². The average molecular weight is 414 g/mol. The molecule has 4 nitrogen and oxygen atoms in total. The van der Waals surface area contributed by atoms with Crippen molar-refractivity contribution in [1.29, 1.82) is 0 Å². The number of carbonyl (C=O) groups excluding carboxylic acids is 2. The van der Waals surface area contributed by atoms with Crippen LogP contribution in [-0.2, 0) is 16.0 Å². The van der Waals surface area contributed by atoms with E-state index in [0.717, 1.165) is 17.0 Å². The Balaban J connectivity index is 1.81. The number of ketones is 1. The topological polar surface area (TPSA) is 55.4 Å². The molecule has 0 radical (unpaired) electrons. The van der Waals surface area contributed by atoms with Gasteiger partial charge in [0.05, 0.1) is 11.4 Å². The lowest BCUT2D eigenvalue weighted by Gasteiger charge is -2.32. The highest BCUT2D eigenvalue weighted by molar-refractivity contribution is 7.16. The molecule has 1 aliphatic heterocycles. The lowest BCUT2D eigenvalue weighted by atomic mass is 9.77. The van der Waals surface area contributed by atoms with E-state index in [2.05, 4.69) is 5.32 Å². The van der Waals surface area contributed by atoms with E-state index in [9.17, 15) is 18.4 Å². The normalized spacial score (nSPS) is 19.6. The van der Waals surface area contributed by atoms with Crippen molar-refractivity contribution in [3.63, 3.8) is 0 Å². The average Bonchev–Trinajstić information content (AvgIpc) is 3.01. The van der Waals surface area contributed by atoms with Crippen molar-refractivity contribution < 1.29 is 23.1 Å². The molecule has 27 heavy (non-hydrogen) atoms. The number of rotatable bonds is 6. The van der Waals surface area contributed by atoms with Crippen molar-refractivity contribution in [1.82, 2.24) is 5.32 Å². The van der Waals surface area contributed by atoms with E-state index in [1.54, 1.807) is 12.1 Å². The third-order valence-corrected chi connectivity index (χ3v) is 5.92. The third kappa shape index (κ3) is 4.65. The SMILES string of the molecule is COc1cc(F)c(C2CC(=O)NC[C@H]2CC(=O)Cc2ccc(Cl)s2)c(F)c1. The molecule has 0 spiro atoms. The Morgan fingerprint density at radius 1 is 1.33 bits per heavy atom. The molecule has 8 heteroatoms. The molecule has 144 valence electrons. The molecular weight excluding hydrogens is 396 g/mol. The summed E-state index contributed by atoms with van der Waals surface area (Å²) < 4.78 is 34.5. The number of benzene rings is 1. The summed E-state index contributed by atoms with van der Waals surface area (Å²) in [5, 5.41) is 2.69. The molecule has 1 fully saturated rings. The van der Waals surface area contributed by atoms with Crippen LogP contribution in [0.4, 0.5) is 8.78 Å². The van der Waals surface area contributed by atoms with Crippen molar-refractivity contribution in [2.75, 3.05) is 13.7 Å². The first-order valence-corrected chi connectivity index (χ1v) is 9.62. The largest absolute Gasteiger partial charge is 0.497 e. The number of piperidine rings is 1. The fraction of sp³-hybridized carbons (Fsp3) is 0.368. The van der Waals surface area contributed by atoms with Crippen molar-refractivity contribution in [3.05, 3.63) is 50.7 Å². The first-order chi connectivity index (χ1) is 12.9. The number of thiophene rings is 1. The Morgan fingerprint density at radius 2 is 2.04 bits per heavy atom. The van der Waals surface area contributed by atoms with E-state index < -0.39 is 17.6 Å². The Bertz CT molecular complexity index is 847. The van der Waals surface area contributed by atoms with Gasteiger partial charge in [-0.15, -0.1) is 11.3 Å². The van der Waals surface area contributed by atoms with E-state index >= 15 is 0 Å². The molecule has 2 atom stereocenters. The fourth-order valence-electron chi connectivity index (χ4n) is 3.42. The summed E-state index contributed by atoms with van der Waals surface area (Å²) in [5.74, 6) is -2.92. The highest BCUT2D eigenvalue weighted by atomic mass is 35.5. The lowest BCUT2D eigenvalue weighted by molar-refractivity contribution is -0.125. The van der Waals surface area contributed by atoms with Crippen LogP contribution in [0.2, 0.25) is 4.34 Å². The Labute approximate surface area is 164 Å². The molecular formula is C19H18ClF2NO3S. The zero-order chi connectivity index (χ0) is 19.6. The highest BCUT2D eigenvalue weighted by Crippen LogP contribution is 2.37. The maximum absolute atomic E-state index is 14.5. The monoisotopic (exact) mass is 413 g/mol. The Hall–Kier alpha value is -1.99. The van der Waals surface area contributed by atoms with E-state index in [0.29, 0.717) is 4.34 Å². The van der Waals surface area contributed by atoms with Crippen LogP contribution in [0.5, 0.6) is 5.75 Å². The zero-order valence-electron chi connectivity index (χ0n) is 14.6. The standard InChI is InChI=1S/C19H18ClF2NO3S/c1-26-12-6-15(21)19(16(22)7-12)14-8-18(25)23-9-10(14)4-11(24)5-13-2-3-17(20)27-13/h2-3,6-7,10,14H,4-5,8-9H2,1H3,(H,23,25)/t10-,14?/m1/s1. The Morgan fingerprint density at radius 3 is 2.63 bits per heavy atom. The lowest BCUT2D eigenvalue weighted by Crippen LogP contribution is -2.41. The van der Waals surface area contributed by atoms with Gasteiger partial charge in [-0.1, -0.05) is 11.6 Å². The molecule has 1 aromatic carbocycles. The van der Waals surface area contributed by atoms with Gasteiger partial charge in [-0.25, -0.2) is 8.78 Å². The molecule has 1 saturated heterocycles. The maximum atomic E-state index is 14.5. The zero-order valence-corrected chi connectivity index (χ0v) is 16.1. The molecule has 1 aromatic heterocycles. The molecule has 3 rings (SSSR count). The van der Waals surface area contributed by atoms with Gasteiger partial charge in [-0.3, -0.25) is 9.59 Å². The minimum Gasteiger partial charge on any atom is -0.497 e. The number of halogens is 3. The third-order valence-electron chi connectivity index (χ3n) is 4.68. The summed E-state index contributed by atoms with van der Waals surface area (Å²) in [4.78, 5) is 25.1.